The predicted octanol–water partition coefficient (Wildman–Crippen LogP) is 0.564. The Morgan fingerprint density at radius 3 is 2.46 bits per heavy atom. The van der Waals surface area contributed by atoms with Gasteiger partial charge in [-0.3, -0.25) is 4.79 Å². The molecule has 0 radical (unpaired) electrons. The lowest BCUT2D eigenvalue weighted by Crippen LogP contribution is -2.47. The topological polar surface area (TPSA) is 47.6 Å². The molecule has 78 valence electrons. The molecule has 0 aromatic heterocycles. The van der Waals surface area contributed by atoms with Gasteiger partial charge in [0, 0.05) is 12.6 Å². The number of esters is 1. The molecule has 0 aliphatic rings. The zero-order valence-corrected chi connectivity index (χ0v) is 8.85. The fourth-order valence-corrected chi connectivity index (χ4v) is 1.30. The molecule has 0 spiro atoms. The van der Waals surface area contributed by atoms with Crippen LogP contribution < -0.4 is 5.32 Å². The van der Waals surface area contributed by atoms with E-state index in [9.17, 15) is 4.79 Å². The Bertz CT molecular complexity index is 153. The molecule has 1 unspecified atom stereocenters. The number of nitrogens with one attached hydrogen (secondary N) is 1. The highest BCUT2D eigenvalue weighted by Gasteiger charge is 2.26. The van der Waals surface area contributed by atoms with E-state index in [4.69, 9.17) is 4.74 Å². The average Bonchev–Trinajstić information content (AvgIpc) is 2.04. The largest absolute Gasteiger partial charge is 0.469 e. The number of rotatable bonds is 6. The molecular formula is C9H19NO3. The van der Waals surface area contributed by atoms with Crippen molar-refractivity contribution in [2.75, 3.05) is 27.4 Å². The summed E-state index contributed by atoms with van der Waals surface area (Å²) in [6, 6.07) is 0. The van der Waals surface area contributed by atoms with E-state index in [-0.39, 0.29) is 11.5 Å². The van der Waals surface area contributed by atoms with Gasteiger partial charge in [-0.1, -0.05) is 6.92 Å². The number of likely N-dealkylation sites (N-methyl/N-ethyl adjacent to an activating group) is 1. The zero-order valence-electron chi connectivity index (χ0n) is 8.85. The van der Waals surface area contributed by atoms with Crippen molar-refractivity contribution in [1.29, 1.82) is 0 Å². The maximum atomic E-state index is 11.1. The Labute approximate surface area is 79.6 Å². The van der Waals surface area contributed by atoms with Gasteiger partial charge in [-0.25, -0.2) is 0 Å². The van der Waals surface area contributed by atoms with E-state index < -0.39 is 0 Å². The van der Waals surface area contributed by atoms with E-state index in [0.29, 0.717) is 13.0 Å². The molecule has 0 bridgehead atoms. The first-order chi connectivity index (χ1) is 6.08. The summed E-state index contributed by atoms with van der Waals surface area (Å²) in [5.41, 5.74) is -0.323. The number of ether oxygens (including phenoxy) is 2. The summed E-state index contributed by atoms with van der Waals surface area (Å²) in [6.45, 7) is 5.23. The highest BCUT2D eigenvalue weighted by molar-refractivity contribution is 5.70. The molecule has 0 saturated heterocycles. The van der Waals surface area contributed by atoms with Gasteiger partial charge in [-0.2, -0.15) is 0 Å². The lowest BCUT2D eigenvalue weighted by atomic mass is 9.99. The van der Waals surface area contributed by atoms with Crippen molar-refractivity contribution in [3.63, 3.8) is 0 Å². The van der Waals surface area contributed by atoms with Crippen molar-refractivity contribution in [2.24, 2.45) is 0 Å². The quantitative estimate of drug-likeness (QED) is 0.620. The van der Waals surface area contributed by atoms with Crippen molar-refractivity contribution in [3.8, 4) is 0 Å². The molecule has 0 aliphatic carbocycles. The van der Waals surface area contributed by atoms with Crippen LogP contribution in [-0.2, 0) is 14.3 Å². The number of hydrogen-bond donors (Lipinski definition) is 1. The Morgan fingerprint density at radius 1 is 1.46 bits per heavy atom. The molecule has 13 heavy (non-hydrogen) atoms. The van der Waals surface area contributed by atoms with Crippen LogP contribution in [0.3, 0.4) is 0 Å². The van der Waals surface area contributed by atoms with Crippen LogP contribution in [0.1, 0.15) is 20.3 Å². The first-order valence-electron chi connectivity index (χ1n) is 4.38. The van der Waals surface area contributed by atoms with Crippen LogP contribution >= 0.6 is 0 Å². The standard InChI is InChI=1S/C9H19NO3/c1-5-10-9(2,7-12-3)6-8(11)13-4/h10H,5-7H2,1-4H3. The van der Waals surface area contributed by atoms with Gasteiger partial charge in [0.2, 0.25) is 0 Å². The van der Waals surface area contributed by atoms with Gasteiger partial charge in [0.25, 0.3) is 0 Å². The minimum atomic E-state index is -0.323. The molecule has 0 saturated carbocycles. The van der Waals surface area contributed by atoms with Crippen LogP contribution in [0.15, 0.2) is 0 Å². The number of carbonyl (C=O) groups excluding carboxylic acids is 1. The number of methoxy groups -OCH3 is 2. The third kappa shape index (κ3) is 4.85. The fourth-order valence-electron chi connectivity index (χ4n) is 1.30. The minimum Gasteiger partial charge on any atom is -0.469 e. The van der Waals surface area contributed by atoms with Gasteiger partial charge in [-0.05, 0) is 13.5 Å². The van der Waals surface area contributed by atoms with Crippen LogP contribution in [0.25, 0.3) is 0 Å². The second-order valence-electron chi connectivity index (χ2n) is 3.28. The number of hydrogen-bond acceptors (Lipinski definition) is 4. The maximum Gasteiger partial charge on any atom is 0.307 e. The Balaban J connectivity index is 4.13. The van der Waals surface area contributed by atoms with Gasteiger partial charge in [0.15, 0.2) is 0 Å². The van der Waals surface area contributed by atoms with Gasteiger partial charge in [0.1, 0.15) is 0 Å². The average molecular weight is 189 g/mol. The molecule has 0 rings (SSSR count). The molecule has 4 heteroatoms. The van der Waals surface area contributed by atoms with Crippen molar-refractivity contribution in [3.05, 3.63) is 0 Å². The monoisotopic (exact) mass is 189 g/mol. The smallest absolute Gasteiger partial charge is 0.307 e. The third-order valence-corrected chi connectivity index (χ3v) is 1.83. The molecular weight excluding hydrogens is 170 g/mol. The molecule has 4 nitrogen and oxygen atoms in total. The van der Waals surface area contributed by atoms with E-state index in [1.54, 1.807) is 7.11 Å². The Kier molecular flexibility index (Phi) is 5.66. The molecule has 0 aromatic carbocycles. The van der Waals surface area contributed by atoms with Gasteiger partial charge in [-0.15, -0.1) is 0 Å². The van der Waals surface area contributed by atoms with E-state index in [0.717, 1.165) is 6.54 Å². The fraction of sp³-hybridized carbons (Fsp3) is 0.889. The van der Waals surface area contributed by atoms with Crippen molar-refractivity contribution in [2.45, 2.75) is 25.8 Å². The Hall–Kier alpha value is -0.610. The first-order valence-corrected chi connectivity index (χ1v) is 4.38. The van der Waals surface area contributed by atoms with Gasteiger partial charge < -0.3 is 14.8 Å². The molecule has 0 aliphatic heterocycles. The van der Waals surface area contributed by atoms with Crippen LogP contribution in [0.2, 0.25) is 0 Å². The van der Waals surface area contributed by atoms with Crippen LogP contribution in [0.5, 0.6) is 0 Å². The third-order valence-electron chi connectivity index (χ3n) is 1.83. The van der Waals surface area contributed by atoms with E-state index >= 15 is 0 Å². The van der Waals surface area contributed by atoms with Crippen LogP contribution in [-0.4, -0.2) is 38.9 Å². The van der Waals surface area contributed by atoms with Crippen LogP contribution in [0, 0.1) is 0 Å². The summed E-state index contributed by atoms with van der Waals surface area (Å²) < 4.78 is 9.64. The highest BCUT2D eigenvalue weighted by Crippen LogP contribution is 2.10. The summed E-state index contributed by atoms with van der Waals surface area (Å²) >= 11 is 0. The second-order valence-corrected chi connectivity index (χ2v) is 3.28. The van der Waals surface area contributed by atoms with Crippen molar-refractivity contribution < 1.29 is 14.3 Å². The minimum absolute atomic E-state index is 0.222. The van der Waals surface area contributed by atoms with E-state index in [1.165, 1.54) is 7.11 Å². The number of carbonyl (C=O) groups is 1. The zero-order chi connectivity index (χ0) is 10.3. The van der Waals surface area contributed by atoms with Gasteiger partial charge in [0.05, 0.1) is 20.1 Å². The molecule has 0 amide bonds. The summed E-state index contributed by atoms with van der Waals surface area (Å²) in [5, 5.41) is 3.20. The maximum absolute atomic E-state index is 11.1. The first kappa shape index (κ1) is 12.4. The lowest BCUT2D eigenvalue weighted by molar-refractivity contribution is -0.142. The SMILES string of the molecule is CCNC(C)(COC)CC(=O)OC. The molecule has 1 atom stereocenters. The predicted molar refractivity (Wildman–Crippen MR) is 50.6 cm³/mol. The molecule has 0 aromatic rings. The normalized spacial score (nSPS) is 15.1. The summed E-state index contributed by atoms with van der Waals surface area (Å²) in [5.74, 6) is -0.222. The second kappa shape index (κ2) is 5.94. The highest BCUT2D eigenvalue weighted by atomic mass is 16.5. The van der Waals surface area contributed by atoms with Crippen molar-refractivity contribution in [1.82, 2.24) is 5.32 Å². The summed E-state index contributed by atoms with van der Waals surface area (Å²) in [7, 11) is 3.01. The van der Waals surface area contributed by atoms with E-state index in [1.807, 2.05) is 13.8 Å². The Morgan fingerprint density at radius 2 is 2.08 bits per heavy atom. The summed E-state index contributed by atoms with van der Waals surface area (Å²) in [6.07, 6.45) is 0.325. The summed E-state index contributed by atoms with van der Waals surface area (Å²) in [4.78, 5) is 11.1. The lowest BCUT2D eigenvalue weighted by Gasteiger charge is -2.28. The van der Waals surface area contributed by atoms with Crippen LogP contribution in [0.4, 0.5) is 0 Å². The van der Waals surface area contributed by atoms with Gasteiger partial charge >= 0.3 is 5.97 Å². The molecule has 0 fully saturated rings. The molecule has 0 heterocycles. The van der Waals surface area contributed by atoms with E-state index in [2.05, 4.69) is 10.1 Å². The molecule has 1 N–H and O–H groups in total. The van der Waals surface area contributed by atoms with Crippen molar-refractivity contribution >= 4 is 5.97 Å².